The Balaban J connectivity index is 1.47. The number of hydrogen-bond acceptors (Lipinski definition) is 9. The molecule has 3 saturated heterocycles. The third kappa shape index (κ3) is 5.09. The fraction of sp³-hybridized carbons (Fsp3) is 0.469. The lowest BCUT2D eigenvalue weighted by molar-refractivity contribution is -0.137. The number of nitriles is 1. The lowest BCUT2D eigenvalue weighted by Gasteiger charge is -2.32. The van der Waals surface area contributed by atoms with E-state index >= 15 is 4.39 Å². The SMILES string of the molecule is CN1CCC[C@@]1(C)COc1nc(N2CCC3CNC(C3)C2)c2cc(C(F)(F)F)c(-c3ccc(F)c4sc(N)c(C#N)c34)c(F)c2n1. The van der Waals surface area contributed by atoms with Crippen molar-refractivity contribution < 1.29 is 26.7 Å². The van der Waals surface area contributed by atoms with Gasteiger partial charge in [0.05, 0.1) is 21.4 Å². The van der Waals surface area contributed by atoms with Gasteiger partial charge in [-0.15, -0.1) is 11.3 Å². The number of nitrogens with zero attached hydrogens (tertiary/aromatic N) is 5. The Bertz CT molecular complexity index is 1910. The van der Waals surface area contributed by atoms with Gasteiger partial charge in [0.25, 0.3) is 0 Å². The van der Waals surface area contributed by atoms with Crippen molar-refractivity contribution in [3.05, 3.63) is 41.0 Å². The molecule has 7 rings (SSSR count). The summed E-state index contributed by atoms with van der Waals surface area (Å²) in [7, 11) is 1.99. The van der Waals surface area contributed by atoms with Gasteiger partial charge in [-0.05, 0) is 76.4 Å². The third-order valence-electron chi connectivity index (χ3n) is 9.90. The van der Waals surface area contributed by atoms with Gasteiger partial charge in [0.15, 0.2) is 5.82 Å². The van der Waals surface area contributed by atoms with Crippen LogP contribution in [-0.4, -0.2) is 66.3 Å². The minimum absolute atomic E-state index is 0.0756. The van der Waals surface area contributed by atoms with Crippen LogP contribution in [0.4, 0.5) is 32.8 Å². The number of ether oxygens (including phenoxy) is 1. The van der Waals surface area contributed by atoms with Crippen LogP contribution in [0.5, 0.6) is 6.01 Å². The Morgan fingerprint density at radius 1 is 1.24 bits per heavy atom. The Morgan fingerprint density at radius 2 is 2.04 bits per heavy atom. The molecule has 46 heavy (non-hydrogen) atoms. The first-order chi connectivity index (χ1) is 21.9. The summed E-state index contributed by atoms with van der Waals surface area (Å²) in [5, 5.41) is 12.9. The van der Waals surface area contributed by atoms with Crippen molar-refractivity contribution >= 4 is 43.1 Å². The number of nitrogen functional groups attached to an aromatic ring is 1. The number of rotatable bonds is 5. The number of fused-ring (bicyclic) bond motifs is 4. The number of hydrogen-bond donors (Lipinski definition) is 2. The molecular formula is C32H32F5N7OS. The fourth-order valence-electron chi connectivity index (χ4n) is 7.20. The Kier molecular flexibility index (Phi) is 7.49. The lowest BCUT2D eigenvalue weighted by atomic mass is 9.92. The van der Waals surface area contributed by atoms with Crippen LogP contribution in [-0.2, 0) is 6.18 Å². The van der Waals surface area contributed by atoms with Gasteiger partial charge in [0, 0.05) is 35.5 Å². The summed E-state index contributed by atoms with van der Waals surface area (Å²) in [4.78, 5) is 13.1. The molecule has 2 unspecified atom stereocenters. The van der Waals surface area contributed by atoms with Crippen LogP contribution in [0.25, 0.3) is 32.1 Å². The molecule has 2 aromatic carbocycles. The standard InChI is InChI=1S/C32H32F5N7OS/c1-31(7-3-8-43(31)2)15-45-30-41-26-19(29(42-30)44-9-6-16-10-17(14-44)40-13-16)11-21(32(35,36)37)24(25(26)34)18-4-5-22(33)27-23(18)20(12-38)28(39)46-27/h4-5,11,16-17,40H,3,6-10,13-15,39H2,1-2H3/t16?,17?,31-/m0/s1. The fourth-order valence-corrected chi connectivity index (χ4v) is 8.15. The molecule has 4 aromatic rings. The van der Waals surface area contributed by atoms with E-state index in [-0.39, 0.29) is 67.1 Å². The molecule has 3 N–H and O–H groups in total. The first-order valence-corrected chi connectivity index (χ1v) is 16.0. The number of thiophene rings is 1. The normalized spacial score (nSPS) is 23.7. The molecule has 0 radical (unpaired) electrons. The van der Waals surface area contributed by atoms with E-state index < -0.39 is 28.9 Å². The summed E-state index contributed by atoms with van der Waals surface area (Å²) in [5.41, 5.74) is 2.65. The number of nitrogens with two attached hydrogens (primary N) is 1. The van der Waals surface area contributed by atoms with E-state index in [1.807, 2.05) is 24.9 Å². The first-order valence-electron chi connectivity index (χ1n) is 15.2. The molecule has 0 amide bonds. The summed E-state index contributed by atoms with van der Waals surface area (Å²) < 4.78 is 82.5. The van der Waals surface area contributed by atoms with Crippen molar-refractivity contribution in [1.82, 2.24) is 20.2 Å². The van der Waals surface area contributed by atoms with E-state index in [1.165, 1.54) is 0 Å². The molecule has 2 aromatic heterocycles. The van der Waals surface area contributed by atoms with E-state index in [4.69, 9.17) is 10.5 Å². The van der Waals surface area contributed by atoms with Gasteiger partial charge in [-0.1, -0.05) is 6.07 Å². The molecule has 242 valence electrons. The molecule has 14 heteroatoms. The smallest absolute Gasteiger partial charge is 0.417 e. The van der Waals surface area contributed by atoms with Crippen LogP contribution in [0.3, 0.4) is 0 Å². The number of alkyl halides is 3. The number of nitrogens with one attached hydrogen (secondary N) is 1. The zero-order valence-corrected chi connectivity index (χ0v) is 26.1. The summed E-state index contributed by atoms with van der Waals surface area (Å²) in [6.07, 6.45) is -1.45. The molecule has 0 saturated carbocycles. The predicted molar refractivity (Wildman–Crippen MR) is 167 cm³/mol. The highest BCUT2D eigenvalue weighted by Crippen LogP contribution is 2.48. The van der Waals surface area contributed by atoms with Crippen LogP contribution < -0.4 is 20.7 Å². The maximum atomic E-state index is 17.0. The van der Waals surface area contributed by atoms with Crippen LogP contribution >= 0.6 is 11.3 Å². The van der Waals surface area contributed by atoms with Gasteiger partial charge >= 0.3 is 12.2 Å². The minimum Gasteiger partial charge on any atom is -0.461 e. The van der Waals surface area contributed by atoms with Gasteiger partial charge in [-0.2, -0.15) is 28.4 Å². The monoisotopic (exact) mass is 657 g/mol. The molecule has 2 bridgehead atoms. The average molecular weight is 658 g/mol. The van der Waals surface area contributed by atoms with Crippen LogP contribution in [0.1, 0.15) is 43.7 Å². The summed E-state index contributed by atoms with van der Waals surface area (Å²) in [6.45, 7) is 5.02. The van der Waals surface area contributed by atoms with Gasteiger partial charge in [-0.3, -0.25) is 4.90 Å². The number of anilines is 2. The first kappa shape index (κ1) is 30.8. The largest absolute Gasteiger partial charge is 0.461 e. The number of likely N-dealkylation sites (tertiary alicyclic amines) is 1. The van der Waals surface area contributed by atoms with E-state index in [2.05, 4.69) is 20.2 Å². The van der Waals surface area contributed by atoms with Crippen LogP contribution in [0, 0.1) is 28.9 Å². The molecule has 3 fully saturated rings. The lowest BCUT2D eigenvalue weighted by Crippen LogP contribution is -2.43. The van der Waals surface area contributed by atoms with Crippen molar-refractivity contribution in [2.75, 3.05) is 50.5 Å². The maximum Gasteiger partial charge on any atom is 0.417 e. The van der Waals surface area contributed by atoms with Crippen LogP contribution in [0.2, 0.25) is 0 Å². The number of halogens is 5. The highest BCUT2D eigenvalue weighted by molar-refractivity contribution is 7.23. The highest BCUT2D eigenvalue weighted by Gasteiger charge is 2.40. The molecule has 3 aliphatic heterocycles. The molecule has 3 aliphatic rings. The van der Waals surface area contributed by atoms with Crippen LogP contribution in [0.15, 0.2) is 18.2 Å². The Hall–Kier alpha value is -3.80. The molecule has 5 heterocycles. The van der Waals surface area contributed by atoms with E-state index in [9.17, 15) is 22.8 Å². The Labute approximate surface area is 265 Å². The zero-order chi connectivity index (χ0) is 32.5. The molecule has 0 spiro atoms. The van der Waals surface area contributed by atoms with E-state index in [0.29, 0.717) is 19.0 Å². The summed E-state index contributed by atoms with van der Waals surface area (Å²) in [5.74, 6) is -1.45. The van der Waals surface area contributed by atoms with Crippen molar-refractivity contribution in [3.63, 3.8) is 0 Å². The van der Waals surface area contributed by atoms with Crippen molar-refractivity contribution in [2.45, 2.75) is 50.4 Å². The second-order valence-corrected chi connectivity index (χ2v) is 13.9. The molecule has 8 nitrogen and oxygen atoms in total. The average Bonchev–Trinajstić information content (AvgIpc) is 3.65. The maximum absolute atomic E-state index is 17.0. The van der Waals surface area contributed by atoms with Crippen molar-refractivity contribution in [1.29, 1.82) is 5.26 Å². The highest BCUT2D eigenvalue weighted by atomic mass is 32.1. The molecule has 3 atom stereocenters. The Morgan fingerprint density at radius 3 is 2.76 bits per heavy atom. The summed E-state index contributed by atoms with van der Waals surface area (Å²) in [6, 6.07) is 4.70. The van der Waals surface area contributed by atoms with E-state index in [0.717, 1.165) is 68.3 Å². The molecule has 0 aliphatic carbocycles. The topological polar surface area (TPSA) is 103 Å². The molecular weight excluding hydrogens is 625 g/mol. The zero-order valence-electron chi connectivity index (χ0n) is 25.3. The summed E-state index contributed by atoms with van der Waals surface area (Å²) >= 11 is 0.726. The minimum atomic E-state index is -5.02. The second-order valence-electron chi connectivity index (χ2n) is 12.8. The number of aromatic nitrogens is 2. The second kappa shape index (κ2) is 11.2. The van der Waals surface area contributed by atoms with Crippen molar-refractivity contribution in [2.24, 2.45) is 5.92 Å². The third-order valence-corrected chi connectivity index (χ3v) is 10.9. The number of likely N-dealkylation sites (N-methyl/N-ethyl adjacent to an activating group) is 1. The van der Waals surface area contributed by atoms with Gasteiger partial charge in [0.1, 0.15) is 34.8 Å². The van der Waals surface area contributed by atoms with Gasteiger partial charge in [0.2, 0.25) is 0 Å². The predicted octanol–water partition coefficient (Wildman–Crippen LogP) is 6.31. The quantitative estimate of drug-likeness (QED) is 0.241. The van der Waals surface area contributed by atoms with Gasteiger partial charge < -0.3 is 20.7 Å². The number of benzene rings is 2. The van der Waals surface area contributed by atoms with Crippen molar-refractivity contribution in [3.8, 4) is 23.2 Å². The van der Waals surface area contributed by atoms with E-state index in [1.54, 1.807) is 0 Å². The van der Waals surface area contributed by atoms with Gasteiger partial charge in [-0.25, -0.2) is 8.78 Å².